The maximum absolute atomic E-state index is 13.6. The maximum Gasteiger partial charge on any atom is 0.330 e. The molecule has 0 saturated carbocycles. The molecule has 4 rings (SSSR count). The largest absolute Gasteiger partial charge is 0.447 e. The Balaban J connectivity index is 1.72. The highest BCUT2D eigenvalue weighted by Crippen LogP contribution is 2.34. The summed E-state index contributed by atoms with van der Waals surface area (Å²) in [6.45, 7) is 0. The summed E-state index contributed by atoms with van der Waals surface area (Å²) in [4.78, 5) is 54.2. The Morgan fingerprint density at radius 3 is 1.92 bits per heavy atom. The Morgan fingerprint density at radius 1 is 0.872 bits per heavy atom. The Morgan fingerprint density at radius 2 is 1.41 bits per heavy atom. The molecule has 0 fully saturated rings. The number of imide groups is 1. The number of carbonyl (C=O) groups is 4. The summed E-state index contributed by atoms with van der Waals surface area (Å²) < 4.78 is 29.6. The predicted molar refractivity (Wildman–Crippen MR) is 146 cm³/mol. The van der Waals surface area contributed by atoms with Crippen LogP contribution >= 0.6 is 34.8 Å². The fourth-order valence-corrected chi connectivity index (χ4v) is 5.18. The van der Waals surface area contributed by atoms with Gasteiger partial charge in [0.1, 0.15) is 15.9 Å². The van der Waals surface area contributed by atoms with Crippen LogP contribution in [-0.4, -0.2) is 54.9 Å². The fourth-order valence-electron chi connectivity index (χ4n) is 4.07. The number of hydrogen-bond acceptors (Lipinski definition) is 7. The molecule has 1 aliphatic heterocycles. The number of Topliss-reactive ketones (excluding diaryl/α,β-unsaturated/α-hetero) is 1. The second-order valence-corrected chi connectivity index (χ2v) is 12.3. The van der Waals surface area contributed by atoms with Crippen molar-refractivity contribution in [1.82, 2.24) is 4.90 Å². The monoisotopic (exact) mass is 607 g/mol. The molecular weight excluding hydrogens is 589 g/mol. The van der Waals surface area contributed by atoms with E-state index < -0.39 is 57.7 Å². The second-order valence-electron chi connectivity index (χ2n) is 8.83. The van der Waals surface area contributed by atoms with Gasteiger partial charge in [0.15, 0.2) is 6.10 Å². The summed E-state index contributed by atoms with van der Waals surface area (Å²) in [5.74, 6) is -4.01. The van der Waals surface area contributed by atoms with Crippen LogP contribution in [-0.2, 0) is 19.4 Å². The van der Waals surface area contributed by atoms with Crippen LogP contribution in [0.1, 0.15) is 49.2 Å². The van der Waals surface area contributed by atoms with Gasteiger partial charge in [0.25, 0.3) is 11.8 Å². The highest BCUT2D eigenvalue weighted by atomic mass is 35.5. The van der Waals surface area contributed by atoms with Gasteiger partial charge < -0.3 is 4.74 Å². The number of hydrogen-bond donors (Lipinski definition) is 0. The molecule has 0 N–H and O–H groups in total. The van der Waals surface area contributed by atoms with E-state index in [-0.39, 0.29) is 26.7 Å². The number of rotatable bonds is 9. The van der Waals surface area contributed by atoms with Crippen LogP contribution < -0.4 is 0 Å². The molecular formula is C27H20Cl3NO7S. The smallest absolute Gasteiger partial charge is 0.330 e. The first-order valence-electron chi connectivity index (χ1n) is 11.5. The predicted octanol–water partition coefficient (Wildman–Crippen LogP) is 5.21. The number of ketones is 1. The molecule has 39 heavy (non-hydrogen) atoms. The van der Waals surface area contributed by atoms with E-state index in [4.69, 9.17) is 39.5 Å². The summed E-state index contributed by atoms with van der Waals surface area (Å²) in [5, 5.41) is 0.434. The maximum atomic E-state index is 13.6. The molecule has 2 amide bonds. The van der Waals surface area contributed by atoms with Crippen molar-refractivity contribution < 1.29 is 32.3 Å². The van der Waals surface area contributed by atoms with Crippen LogP contribution in [0.5, 0.6) is 0 Å². The van der Waals surface area contributed by atoms with Crippen molar-refractivity contribution in [2.75, 3.05) is 12.0 Å². The van der Waals surface area contributed by atoms with Crippen molar-refractivity contribution in [1.29, 1.82) is 0 Å². The molecule has 0 bridgehead atoms. The molecule has 3 aromatic rings. The van der Waals surface area contributed by atoms with Gasteiger partial charge in [-0.05, 0) is 42.8 Å². The van der Waals surface area contributed by atoms with Crippen molar-refractivity contribution in [2.24, 2.45) is 0 Å². The van der Waals surface area contributed by atoms with Crippen LogP contribution in [0.2, 0.25) is 15.1 Å². The molecule has 0 spiro atoms. The third-order valence-corrected chi connectivity index (χ3v) is 7.96. The number of benzene rings is 3. The third-order valence-electron chi connectivity index (χ3n) is 6.01. The Hall–Kier alpha value is -3.24. The molecule has 2 atom stereocenters. The Labute approximate surface area is 239 Å². The van der Waals surface area contributed by atoms with Crippen LogP contribution in [0.25, 0.3) is 0 Å². The quantitative estimate of drug-likeness (QED) is 0.186. The average Bonchev–Trinajstić information content (AvgIpc) is 3.12. The Bertz CT molecular complexity index is 1530. The first kappa shape index (κ1) is 28.8. The van der Waals surface area contributed by atoms with Gasteiger partial charge in [-0.3, -0.25) is 19.3 Å². The zero-order chi connectivity index (χ0) is 28.5. The Kier molecular flexibility index (Phi) is 8.46. The molecule has 8 nitrogen and oxygen atoms in total. The van der Waals surface area contributed by atoms with Crippen LogP contribution in [0.4, 0.5) is 0 Å². The van der Waals surface area contributed by atoms with Crippen molar-refractivity contribution in [3.05, 3.63) is 104 Å². The molecule has 0 radical (unpaired) electrons. The van der Waals surface area contributed by atoms with E-state index in [1.54, 1.807) is 30.3 Å². The lowest BCUT2D eigenvalue weighted by Crippen LogP contribution is -2.47. The van der Waals surface area contributed by atoms with Crippen molar-refractivity contribution in [2.45, 2.75) is 18.6 Å². The number of sulfone groups is 1. The molecule has 1 heterocycles. The number of amides is 2. The van der Waals surface area contributed by atoms with Crippen LogP contribution in [0.15, 0.2) is 66.7 Å². The van der Waals surface area contributed by atoms with Gasteiger partial charge in [-0.25, -0.2) is 13.2 Å². The van der Waals surface area contributed by atoms with Crippen LogP contribution in [0.3, 0.4) is 0 Å². The summed E-state index contributed by atoms with van der Waals surface area (Å²) >= 11 is 18.0. The topological polar surface area (TPSA) is 115 Å². The minimum Gasteiger partial charge on any atom is -0.447 e. The normalized spacial score (nSPS) is 14.6. The van der Waals surface area contributed by atoms with Crippen LogP contribution in [0, 0.1) is 0 Å². The molecule has 202 valence electrons. The van der Waals surface area contributed by atoms with E-state index in [9.17, 15) is 27.6 Å². The first-order chi connectivity index (χ1) is 18.4. The van der Waals surface area contributed by atoms with E-state index in [1.807, 2.05) is 0 Å². The number of halogens is 3. The number of carbonyl (C=O) groups excluding carboxylic acids is 4. The number of nitrogens with zero attached hydrogens (tertiary/aromatic N) is 1. The fraction of sp³-hybridized carbons (Fsp3) is 0.185. The number of esters is 1. The van der Waals surface area contributed by atoms with Gasteiger partial charge in [0.05, 0.1) is 26.9 Å². The molecule has 1 aliphatic rings. The van der Waals surface area contributed by atoms with E-state index in [1.165, 1.54) is 36.4 Å². The molecule has 3 aromatic carbocycles. The number of fused-ring (bicyclic) bond motifs is 1. The minimum absolute atomic E-state index is 0.0198. The molecule has 0 unspecified atom stereocenters. The zero-order valence-electron chi connectivity index (χ0n) is 20.3. The van der Waals surface area contributed by atoms with Crippen molar-refractivity contribution in [3.63, 3.8) is 0 Å². The van der Waals surface area contributed by atoms with E-state index in [2.05, 4.69) is 0 Å². The van der Waals surface area contributed by atoms with Gasteiger partial charge in [-0.15, -0.1) is 0 Å². The first-order valence-corrected chi connectivity index (χ1v) is 14.7. The van der Waals surface area contributed by atoms with Gasteiger partial charge in [0, 0.05) is 22.4 Å². The van der Waals surface area contributed by atoms with Gasteiger partial charge in [-0.2, -0.15) is 0 Å². The molecule has 0 aliphatic carbocycles. The van der Waals surface area contributed by atoms with E-state index >= 15 is 0 Å². The lowest BCUT2D eigenvalue weighted by molar-refractivity contribution is -0.152. The average molecular weight is 609 g/mol. The van der Waals surface area contributed by atoms with E-state index in [0.717, 1.165) is 6.26 Å². The summed E-state index contributed by atoms with van der Waals surface area (Å²) in [6.07, 6.45) is -0.963. The van der Waals surface area contributed by atoms with Gasteiger partial charge >= 0.3 is 5.97 Å². The lowest BCUT2D eigenvalue weighted by Gasteiger charge is -2.27. The lowest BCUT2D eigenvalue weighted by atomic mass is 9.99. The standard InChI is InChI=1S/C27H20Cl3NO7S/c1-39(36,37)12-11-22(31-25(33)18-13-20(29)21(30)14-19(18)26(31)34)27(35)38-24(16-5-3-2-4-6-16)23(32)15-7-9-17(28)10-8-15/h2-10,13-14,22,24H,11-12H2,1H3/t22-,24-/m0/s1. The molecule has 0 aromatic heterocycles. The highest BCUT2D eigenvalue weighted by molar-refractivity contribution is 7.90. The summed E-state index contributed by atoms with van der Waals surface area (Å²) in [5.41, 5.74) is 0.333. The van der Waals surface area contributed by atoms with E-state index in [0.29, 0.717) is 15.5 Å². The van der Waals surface area contributed by atoms with Gasteiger partial charge in [0.2, 0.25) is 5.78 Å². The van der Waals surface area contributed by atoms with Crippen molar-refractivity contribution in [3.8, 4) is 0 Å². The van der Waals surface area contributed by atoms with Crippen molar-refractivity contribution >= 4 is 68.2 Å². The second kappa shape index (κ2) is 11.5. The van der Waals surface area contributed by atoms with Gasteiger partial charge in [-0.1, -0.05) is 65.1 Å². The molecule has 0 saturated heterocycles. The number of ether oxygens (including phenoxy) is 1. The molecule has 12 heteroatoms. The summed E-state index contributed by atoms with van der Waals surface area (Å²) in [6, 6.07) is 14.8. The third kappa shape index (κ3) is 6.33. The minimum atomic E-state index is -3.62. The zero-order valence-corrected chi connectivity index (χ0v) is 23.4. The summed E-state index contributed by atoms with van der Waals surface area (Å²) in [7, 11) is -3.62. The highest BCUT2D eigenvalue weighted by Gasteiger charge is 2.45. The SMILES string of the molecule is CS(=O)(=O)CC[C@@H](C(=O)O[C@H](C(=O)c1ccc(Cl)cc1)c1ccccc1)N1C(=O)c2cc(Cl)c(Cl)cc2C1=O.